The molecule has 112 valence electrons. The first-order valence-electron chi connectivity index (χ1n) is 6.09. The minimum absolute atomic E-state index is 0.0465. The molecule has 0 fully saturated rings. The highest BCUT2D eigenvalue weighted by Crippen LogP contribution is 2.22. The summed E-state index contributed by atoms with van der Waals surface area (Å²) in [5, 5.41) is 0. The van der Waals surface area contributed by atoms with E-state index < -0.39 is 15.8 Å². The van der Waals surface area contributed by atoms with E-state index in [-0.39, 0.29) is 17.2 Å². The molecule has 0 aromatic heterocycles. The van der Waals surface area contributed by atoms with Crippen LogP contribution in [0, 0.1) is 5.82 Å². The Morgan fingerprint density at radius 1 is 1.24 bits per heavy atom. The van der Waals surface area contributed by atoms with Gasteiger partial charge in [-0.05, 0) is 23.8 Å². The first-order chi connectivity index (χ1) is 9.91. The quantitative estimate of drug-likeness (QED) is 0.831. The number of benzene rings is 2. The Bertz CT molecular complexity index is 748. The fourth-order valence-corrected chi connectivity index (χ4v) is 3.05. The number of hydrogen-bond donors (Lipinski definition) is 2. The molecular weight excluding hydrogens is 295 g/mol. The topological polar surface area (TPSA) is 81.4 Å². The third kappa shape index (κ3) is 3.85. The largest absolute Gasteiger partial charge is 0.494 e. The second-order valence-corrected chi connectivity index (χ2v) is 6.13. The number of nitrogens with one attached hydrogen (secondary N) is 1. The standard InChI is InChI=1S/C14H15FN2O3S/c1-20-14-7-6-11(8-12(14)15)17-21(18,19)9-10-4-2-3-5-13(10)16/h2-8,17H,9,16H2,1H3. The summed E-state index contributed by atoms with van der Waals surface area (Å²) >= 11 is 0. The van der Waals surface area contributed by atoms with Crippen LogP contribution in [0.15, 0.2) is 42.5 Å². The van der Waals surface area contributed by atoms with Crippen LogP contribution in [0.3, 0.4) is 0 Å². The Kier molecular flexibility index (Phi) is 4.32. The van der Waals surface area contributed by atoms with E-state index in [9.17, 15) is 12.8 Å². The first-order valence-corrected chi connectivity index (χ1v) is 7.74. The highest BCUT2D eigenvalue weighted by molar-refractivity contribution is 7.91. The van der Waals surface area contributed by atoms with Crippen LogP contribution < -0.4 is 15.2 Å². The summed E-state index contributed by atoms with van der Waals surface area (Å²) in [6.45, 7) is 0. The van der Waals surface area contributed by atoms with Crippen molar-refractivity contribution in [2.45, 2.75) is 5.75 Å². The molecule has 0 heterocycles. The summed E-state index contributed by atoms with van der Waals surface area (Å²) < 4.78 is 44.8. The fraction of sp³-hybridized carbons (Fsp3) is 0.143. The second kappa shape index (κ2) is 6.01. The van der Waals surface area contributed by atoms with Gasteiger partial charge in [-0.1, -0.05) is 18.2 Å². The molecule has 0 aliphatic carbocycles. The zero-order valence-corrected chi connectivity index (χ0v) is 12.2. The van der Waals surface area contributed by atoms with Gasteiger partial charge in [0.2, 0.25) is 10.0 Å². The number of nitrogen functional groups attached to an aromatic ring is 1. The summed E-state index contributed by atoms with van der Waals surface area (Å²) in [4.78, 5) is 0. The van der Waals surface area contributed by atoms with Crippen molar-refractivity contribution in [3.05, 3.63) is 53.8 Å². The maximum absolute atomic E-state index is 13.5. The zero-order chi connectivity index (χ0) is 15.5. The molecule has 7 heteroatoms. The molecular formula is C14H15FN2O3S. The Hall–Kier alpha value is -2.28. The summed E-state index contributed by atoms with van der Waals surface area (Å²) in [5.41, 5.74) is 6.72. The third-order valence-electron chi connectivity index (χ3n) is 2.83. The number of rotatable bonds is 5. The summed E-state index contributed by atoms with van der Waals surface area (Å²) in [6, 6.07) is 10.5. The second-order valence-electron chi connectivity index (χ2n) is 4.41. The minimum Gasteiger partial charge on any atom is -0.494 e. The predicted molar refractivity (Wildman–Crippen MR) is 80.1 cm³/mol. The van der Waals surface area contributed by atoms with Crippen molar-refractivity contribution in [2.24, 2.45) is 0 Å². The molecule has 0 atom stereocenters. The number of anilines is 2. The fourth-order valence-electron chi connectivity index (χ4n) is 1.82. The molecule has 0 unspecified atom stereocenters. The summed E-state index contributed by atoms with van der Waals surface area (Å²) in [5.74, 6) is -0.880. The minimum atomic E-state index is -3.68. The molecule has 5 nitrogen and oxygen atoms in total. The van der Waals surface area contributed by atoms with Crippen LogP contribution in [0.2, 0.25) is 0 Å². The van der Waals surface area contributed by atoms with Crippen molar-refractivity contribution >= 4 is 21.4 Å². The molecule has 2 aromatic carbocycles. The number of methoxy groups -OCH3 is 1. The van der Waals surface area contributed by atoms with E-state index in [0.717, 1.165) is 6.07 Å². The number of halogens is 1. The average molecular weight is 310 g/mol. The SMILES string of the molecule is COc1ccc(NS(=O)(=O)Cc2ccccc2N)cc1F. The van der Waals surface area contributed by atoms with Crippen molar-refractivity contribution in [1.29, 1.82) is 0 Å². The lowest BCUT2D eigenvalue weighted by Gasteiger charge is -2.10. The molecule has 0 saturated heterocycles. The number of sulfonamides is 1. The van der Waals surface area contributed by atoms with Crippen molar-refractivity contribution in [1.82, 2.24) is 0 Å². The van der Waals surface area contributed by atoms with Gasteiger partial charge < -0.3 is 10.5 Å². The van der Waals surface area contributed by atoms with E-state index in [1.807, 2.05) is 0 Å². The third-order valence-corrected chi connectivity index (χ3v) is 4.06. The highest BCUT2D eigenvalue weighted by Gasteiger charge is 2.14. The molecule has 0 aliphatic heterocycles. The van der Waals surface area contributed by atoms with Crippen molar-refractivity contribution in [3.8, 4) is 5.75 Å². The lowest BCUT2D eigenvalue weighted by atomic mass is 10.2. The van der Waals surface area contributed by atoms with Gasteiger partial charge in [-0.25, -0.2) is 12.8 Å². The molecule has 2 rings (SSSR count). The van der Waals surface area contributed by atoms with E-state index in [0.29, 0.717) is 11.3 Å². The van der Waals surface area contributed by atoms with Crippen LogP contribution in [0.5, 0.6) is 5.75 Å². The monoisotopic (exact) mass is 310 g/mol. The van der Waals surface area contributed by atoms with Crippen molar-refractivity contribution in [3.63, 3.8) is 0 Å². The van der Waals surface area contributed by atoms with Gasteiger partial charge in [0.1, 0.15) is 0 Å². The van der Waals surface area contributed by atoms with E-state index >= 15 is 0 Å². The van der Waals surface area contributed by atoms with Crippen LogP contribution in [-0.2, 0) is 15.8 Å². The normalized spacial score (nSPS) is 11.1. The Morgan fingerprint density at radius 2 is 1.95 bits per heavy atom. The van der Waals surface area contributed by atoms with E-state index in [4.69, 9.17) is 10.5 Å². The molecule has 0 aliphatic rings. The maximum Gasteiger partial charge on any atom is 0.236 e. The smallest absolute Gasteiger partial charge is 0.236 e. The Morgan fingerprint density at radius 3 is 2.57 bits per heavy atom. The number of ether oxygens (including phenoxy) is 1. The van der Waals surface area contributed by atoms with Crippen molar-refractivity contribution < 1.29 is 17.5 Å². The van der Waals surface area contributed by atoms with Gasteiger partial charge in [-0.3, -0.25) is 4.72 Å². The predicted octanol–water partition coefficient (Wildman–Crippen LogP) is 2.36. The molecule has 21 heavy (non-hydrogen) atoms. The lowest BCUT2D eigenvalue weighted by Crippen LogP contribution is -2.16. The first kappa shape index (κ1) is 15.1. The molecule has 0 spiro atoms. The van der Waals surface area contributed by atoms with E-state index in [1.54, 1.807) is 24.3 Å². The zero-order valence-electron chi connectivity index (χ0n) is 11.3. The van der Waals surface area contributed by atoms with Gasteiger partial charge in [0.05, 0.1) is 18.6 Å². The highest BCUT2D eigenvalue weighted by atomic mass is 32.2. The molecule has 0 amide bonds. The van der Waals surface area contributed by atoms with Gasteiger partial charge in [-0.15, -0.1) is 0 Å². The Balaban J connectivity index is 2.18. The van der Waals surface area contributed by atoms with Gasteiger partial charge in [0, 0.05) is 11.8 Å². The van der Waals surface area contributed by atoms with Gasteiger partial charge in [0.15, 0.2) is 11.6 Å². The van der Waals surface area contributed by atoms with Gasteiger partial charge >= 0.3 is 0 Å². The van der Waals surface area contributed by atoms with E-state index in [1.165, 1.54) is 19.2 Å². The van der Waals surface area contributed by atoms with E-state index in [2.05, 4.69) is 4.72 Å². The lowest BCUT2D eigenvalue weighted by molar-refractivity contribution is 0.386. The van der Waals surface area contributed by atoms with Crippen LogP contribution in [-0.4, -0.2) is 15.5 Å². The molecule has 3 N–H and O–H groups in total. The van der Waals surface area contributed by atoms with Crippen molar-refractivity contribution in [2.75, 3.05) is 17.6 Å². The number of nitrogens with two attached hydrogens (primary N) is 1. The Labute approximate surface area is 122 Å². The van der Waals surface area contributed by atoms with Crippen LogP contribution in [0.1, 0.15) is 5.56 Å². The maximum atomic E-state index is 13.5. The molecule has 0 radical (unpaired) electrons. The summed E-state index contributed by atoms with van der Waals surface area (Å²) in [6.07, 6.45) is 0. The summed E-state index contributed by atoms with van der Waals surface area (Å²) in [7, 11) is -2.35. The van der Waals surface area contributed by atoms with Crippen LogP contribution >= 0.6 is 0 Å². The number of hydrogen-bond acceptors (Lipinski definition) is 4. The number of para-hydroxylation sites is 1. The van der Waals surface area contributed by atoms with Crippen LogP contribution in [0.4, 0.5) is 15.8 Å². The van der Waals surface area contributed by atoms with Gasteiger partial charge in [0.25, 0.3) is 0 Å². The molecule has 0 saturated carbocycles. The van der Waals surface area contributed by atoms with Crippen LogP contribution in [0.25, 0.3) is 0 Å². The molecule has 0 bridgehead atoms. The molecule has 2 aromatic rings. The van der Waals surface area contributed by atoms with Gasteiger partial charge in [-0.2, -0.15) is 0 Å². The average Bonchev–Trinajstić information content (AvgIpc) is 2.41.